The molecule has 9 heteroatoms. The van der Waals surface area contributed by atoms with Crippen molar-refractivity contribution in [3.8, 4) is 17.0 Å². The molecule has 0 amide bonds. The van der Waals surface area contributed by atoms with E-state index in [4.69, 9.17) is 9.72 Å². The molecule has 5 aromatic rings. The largest absolute Gasteiger partial charge is 0.489 e. The Morgan fingerprint density at radius 1 is 1.16 bits per heavy atom. The summed E-state index contributed by atoms with van der Waals surface area (Å²) in [5.41, 5.74) is 5.36. The van der Waals surface area contributed by atoms with Gasteiger partial charge >= 0.3 is 0 Å². The highest BCUT2D eigenvalue weighted by Crippen LogP contribution is 2.34. The fourth-order valence-corrected chi connectivity index (χ4v) is 3.93. The monoisotopic (exact) mass is 425 g/mol. The zero-order chi connectivity index (χ0) is 21.7. The minimum Gasteiger partial charge on any atom is -0.489 e. The van der Waals surface area contributed by atoms with Gasteiger partial charge in [-0.3, -0.25) is 4.79 Å². The Balaban J connectivity index is 1.43. The number of H-pyrrole nitrogens is 1. The number of hydrogen-bond donors (Lipinski definition) is 2. The van der Waals surface area contributed by atoms with E-state index in [1.807, 2.05) is 53.2 Å². The first kappa shape index (κ1) is 18.4. The quantitative estimate of drug-likeness (QED) is 0.458. The van der Waals surface area contributed by atoms with E-state index in [1.165, 1.54) is 6.20 Å². The molecule has 32 heavy (non-hydrogen) atoms. The summed E-state index contributed by atoms with van der Waals surface area (Å²) in [7, 11) is 2.06. The molecule has 0 saturated carbocycles. The SMILES string of the molecule is CN1CCOc2cc(Nc3nc(-c4ccc5ncc(=O)[nH]c5c4)cn4ccnc34)ccc21. The Bertz CT molecular complexity index is 1540. The Morgan fingerprint density at radius 3 is 3.03 bits per heavy atom. The molecule has 0 unspecified atom stereocenters. The topological polar surface area (TPSA) is 100 Å². The van der Waals surface area contributed by atoms with Crippen LogP contribution in [0.25, 0.3) is 27.9 Å². The van der Waals surface area contributed by atoms with Crippen LogP contribution in [0.1, 0.15) is 0 Å². The van der Waals surface area contributed by atoms with Crippen LogP contribution in [-0.2, 0) is 0 Å². The molecule has 0 bridgehead atoms. The molecule has 2 N–H and O–H groups in total. The van der Waals surface area contributed by atoms with E-state index >= 15 is 0 Å². The van der Waals surface area contributed by atoms with Gasteiger partial charge in [0, 0.05) is 43.0 Å². The number of rotatable bonds is 3. The Hall–Kier alpha value is -4.40. The van der Waals surface area contributed by atoms with Gasteiger partial charge in [0.1, 0.15) is 12.4 Å². The molecule has 3 aromatic heterocycles. The first-order chi connectivity index (χ1) is 15.6. The van der Waals surface area contributed by atoms with Gasteiger partial charge in [-0.05, 0) is 24.3 Å². The van der Waals surface area contributed by atoms with E-state index in [0.717, 1.165) is 40.4 Å². The lowest BCUT2D eigenvalue weighted by Crippen LogP contribution is -2.28. The lowest BCUT2D eigenvalue weighted by atomic mass is 10.1. The van der Waals surface area contributed by atoms with Crippen LogP contribution in [0.5, 0.6) is 5.75 Å². The number of nitrogens with zero attached hydrogens (tertiary/aromatic N) is 5. The molecule has 0 radical (unpaired) electrons. The number of aromatic nitrogens is 5. The maximum Gasteiger partial charge on any atom is 0.266 e. The van der Waals surface area contributed by atoms with E-state index in [1.54, 1.807) is 6.20 Å². The molecule has 0 atom stereocenters. The fourth-order valence-electron chi connectivity index (χ4n) is 3.93. The maximum atomic E-state index is 11.7. The molecule has 2 aromatic carbocycles. The predicted octanol–water partition coefficient (Wildman–Crippen LogP) is 3.21. The van der Waals surface area contributed by atoms with Crippen LogP contribution in [0.2, 0.25) is 0 Å². The second-order valence-corrected chi connectivity index (χ2v) is 7.69. The number of likely N-dealkylation sites (N-methyl/N-ethyl adjacent to an activating group) is 1. The molecule has 1 aliphatic heterocycles. The van der Waals surface area contributed by atoms with E-state index in [2.05, 4.69) is 32.2 Å². The normalized spacial score (nSPS) is 13.2. The molecule has 9 nitrogen and oxygen atoms in total. The van der Waals surface area contributed by atoms with Crippen molar-refractivity contribution in [2.45, 2.75) is 0 Å². The summed E-state index contributed by atoms with van der Waals surface area (Å²) in [5.74, 6) is 1.46. The summed E-state index contributed by atoms with van der Waals surface area (Å²) in [6.45, 7) is 1.52. The minimum atomic E-state index is -0.240. The lowest BCUT2D eigenvalue weighted by Gasteiger charge is -2.28. The van der Waals surface area contributed by atoms with Gasteiger partial charge in [0.25, 0.3) is 5.56 Å². The third-order valence-electron chi connectivity index (χ3n) is 5.56. The van der Waals surface area contributed by atoms with Crippen molar-refractivity contribution in [3.05, 3.63) is 71.5 Å². The second kappa shape index (κ2) is 7.09. The molecular formula is C23H19N7O2. The van der Waals surface area contributed by atoms with Crippen LogP contribution in [0.15, 0.2) is 66.0 Å². The number of ether oxygens (including phenoxy) is 1. The molecule has 0 spiro atoms. The third kappa shape index (κ3) is 3.11. The number of fused-ring (bicyclic) bond motifs is 3. The van der Waals surface area contributed by atoms with Crippen molar-refractivity contribution in [2.75, 3.05) is 30.4 Å². The molecule has 0 fully saturated rings. The number of benzene rings is 2. The van der Waals surface area contributed by atoms with E-state index in [9.17, 15) is 4.79 Å². The van der Waals surface area contributed by atoms with Gasteiger partial charge < -0.3 is 24.3 Å². The van der Waals surface area contributed by atoms with Gasteiger partial charge in [-0.1, -0.05) is 6.07 Å². The highest BCUT2D eigenvalue weighted by Gasteiger charge is 2.16. The second-order valence-electron chi connectivity index (χ2n) is 7.69. The predicted molar refractivity (Wildman–Crippen MR) is 123 cm³/mol. The maximum absolute atomic E-state index is 11.7. The Labute approximate surface area is 182 Å². The summed E-state index contributed by atoms with van der Waals surface area (Å²) in [5, 5.41) is 3.39. The highest BCUT2D eigenvalue weighted by atomic mass is 16.5. The van der Waals surface area contributed by atoms with Crippen molar-refractivity contribution >= 4 is 33.9 Å². The van der Waals surface area contributed by atoms with E-state index in [0.29, 0.717) is 23.6 Å². The zero-order valence-corrected chi connectivity index (χ0v) is 17.2. The highest BCUT2D eigenvalue weighted by molar-refractivity contribution is 5.81. The number of imidazole rings is 1. The van der Waals surface area contributed by atoms with Gasteiger partial charge in [0.2, 0.25) is 0 Å². The first-order valence-corrected chi connectivity index (χ1v) is 10.2. The standard InChI is InChI=1S/C23H19N7O2/c1-29-8-9-32-20-11-15(3-5-19(20)29)26-22-23-24-6-7-30(23)13-18(28-22)14-2-4-16-17(10-14)27-21(31)12-25-16/h2-7,10-13H,8-9H2,1H3,(H,26,28)(H,27,31). The summed E-state index contributed by atoms with van der Waals surface area (Å²) >= 11 is 0. The van der Waals surface area contributed by atoms with E-state index < -0.39 is 0 Å². The van der Waals surface area contributed by atoms with Crippen LogP contribution in [0.3, 0.4) is 0 Å². The molecular weight excluding hydrogens is 406 g/mol. The Morgan fingerprint density at radius 2 is 2.09 bits per heavy atom. The number of hydrogen-bond acceptors (Lipinski definition) is 7. The molecule has 6 rings (SSSR count). The third-order valence-corrected chi connectivity index (χ3v) is 5.56. The van der Waals surface area contributed by atoms with Crippen LogP contribution < -0.4 is 20.5 Å². The van der Waals surface area contributed by atoms with Crippen molar-refractivity contribution < 1.29 is 4.74 Å². The van der Waals surface area contributed by atoms with Crippen LogP contribution in [-0.4, -0.2) is 44.5 Å². The molecule has 0 saturated heterocycles. The van der Waals surface area contributed by atoms with Crippen LogP contribution in [0, 0.1) is 0 Å². The number of nitrogens with one attached hydrogen (secondary N) is 2. The minimum absolute atomic E-state index is 0.240. The van der Waals surface area contributed by atoms with Crippen molar-refractivity contribution in [2.24, 2.45) is 0 Å². The first-order valence-electron chi connectivity index (χ1n) is 10.2. The fraction of sp³-hybridized carbons (Fsp3) is 0.130. The van der Waals surface area contributed by atoms with E-state index in [-0.39, 0.29) is 5.56 Å². The smallest absolute Gasteiger partial charge is 0.266 e. The number of aromatic amines is 1. The molecule has 158 valence electrons. The number of anilines is 3. The van der Waals surface area contributed by atoms with Crippen molar-refractivity contribution in [1.82, 2.24) is 24.3 Å². The van der Waals surface area contributed by atoms with Crippen LogP contribution in [0.4, 0.5) is 17.2 Å². The molecule has 1 aliphatic rings. The average Bonchev–Trinajstić information content (AvgIpc) is 3.28. The summed E-state index contributed by atoms with van der Waals surface area (Å²) < 4.78 is 7.75. The Kier molecular flexibility index (Phi) is 4.07. The zero-order valence-electron chi connectivity index (χ0n) is 17.2. The van der Waals surface area contributed by atoms with Crippen molar-refractivity contribution in [3.63, 3.8) is 0 Å². The van der Waals surface area contributed by atoms with Gasteiger partial charge in [-0.2, -0.15) is 0 Å². The van der Waals surface area contributed by atoms with Crippen LogP contribution >= 0.6 is 0 Å². The average molecular weight is 425 g/mol. The van der Waals surface area contributed by atoms with Gasteiger partial charge in [0.05, 0.1) is 35.2 Å². The van der Waals surface area contributed by atoms with Gasteiger partial charge in [-0.25, -0.2) is 15.0 Å². The molecule has 0 aliphatic carbocycles. The summed E-state index contributed by atoms with van der Waals surface area (Å²) in [6, 6.07) is 11.7. The molecule has 4 heterocycles. The van der Waals surface area contributed by atoms with Crippen molar-refractivity contribution in [1.29, 1.82) is 0 Å². The summed E-state index contributed by atoms with van der Waals surface area (Å²) in [6.07, 6.45) is 6.80. The van der Waals surface area contributed by atoms with Gasteiger partial charge in [-0.15, -0.1) is 0 Å². The lowest BCUT2D eigenvalue weighted by molar-refractivity contribution is 0.311. The van der Waals surface area contributed by atoms with Gasteiger partial charge in [0.15, 0.2) is 11.5 Å². The summed E-state index contributed by atoms with van der Waals surface area (Å²) in [4.78, 5) is 30.1.